The Hall–Kier alpha value is -1.23. The molecule has 0 atom stereocenters. The average Bonchev–Trinajstić information content (AvgIpc) is 2.29. The molecule has 4 nitrogen and oxygen atoms in total. The van der Waals surface area contributed by atoms with Crippen molar-refractivity contribution >= 4 is 17.6 Å². The highest BCUT2D eigenvalue weighted by Gasteiger charge is 2.07. The fourth-order valence-corrected chi connectivity index (χ4v) is 2.05. The topological polar surface area (TPSA) is 71.5 Å². The van der Waals surface area contributed by atoms with Crippen molar-refractivity contribution in [3.05, 3.63) is 29.6 Å². The highest BCUT2D eigenvalue weighted by molar-refractivity contribution is 7.98. The molecule has 0 aliphatic carbocycles. The van der Waals surface area contributed by atoms with Crippen molar-refractivity contribution in [2.75, 3.05) is 5.75 Å². The fraction of sp³-hybridized carbons (Fsp3) is 0.400. The molecule has 0 unspecified atom stereocenters. The summed E-state index contributed by atoms with van der Waals surface area (Å²) < 4.78 is 0. The lowest BCUT2D eigenvalue weighted by atomic mass is 10.2. The first kappa shape index (κ1) is 11.8. The van der Waals surface area contributed by atoms with Crippen LogP contribution < -0.4 is 5.73 Å². The zero-order valence-electron chi connectivity index (χ0n) is 8.68. The molecule has 1 rings (SSSR count). The van der Waals surface area contributed by atoms with Gasteiger partial charge in [-0.05, 0) is 23.8 Å². The van der Waals surface area contributed by atoms with E-state index in [1.165, 1.54) is 0 Å². The Labute approximate surface area is 93.6 Å². The van der Waals surface area contributed by atoms with Gasteiger partial charge in [0.2, 0.25) is 0 Å². The van der Waals surface area contributed by atoms with Crippen LogP contribution in [0.25, 0.3) is 0 Å². The summed E-state index contributed by atoms with van der Waals surface area (Å²) in [6, 6.07) is 3.80. The number of nitrogens with zero attached hydrogens (tertiary/aromatic N) is 2. The number of pyridine rings is 1. The molecule has 82 valence electrons. The van der Waals surface area contributed by atoms with Gasteiger partial charge < -0.3 is 10.9 Å². The second kappa shape index (κ2) is 6.29. The van der Waals surface area contributed by atoms with E-state index in [2.05, 4.69) is 17.1 Å². The van der Waals surface area contributed by atoms with E-state index in [-0.39, 0.29) is 5.84 Å². The highest BCUT2D eigenvalue weighted by atomic mass is 32.2. The molecular formula is C10H15N3OS. The molecule has 15 heavy (non-hydrogen) atoms. The molecule has 0 amide bonds. The number of rotatable bonds is 5. The Kier molecular flexibility index (Phi) is 4.97. The standard InChI is InChI=1S/C10H15N3OS/c1-2-6-15-7-8-4-3-5-12-9(8)10(11)13-14/h3-5,14H,2,6-7H2,1H3,(H2,11,13). The van der Waals surface area contributed by atoms with E-state index in [4.69, 9.17) is 10.9 Å². The van der Waals surface area contributed by atoms with Crippen LogP contribution in [0, 0.1) is 0 Å². The zero-order valence-corrected chi connectivity index (χ0v) is 9.50. The Balaban J connectivity index is 2.77. The van der Waals surface area contributed by atoms with Crippen LogP contribution >= 0.6 is 11.8 Å². The third-order valence-corrected chi connectivity index (χ3v) is 3.06. The van der Waals surface area contributed by atoms with Gasteiger partial charge in [-0.25, -0.2) is 0 Å². The van der Waals surface area contributed by atoms with Gasteiger partial charge in [0.05, 0.1) is 0 Å². The van der Waals surface area contributed by atoms with Gasteiger partial charge >= 0.3 is 0 Å². The summed E-state index contributed by atoms with van der Waals surface area (Å²) >= 11 is 1.82. The predicted octanol–water partition coefficient (Wildman–Crippen LogP) is 1.82. The normalized spacial score (nSPS) is 11.7. The maximum atomic E-state index is 8.60. The summed E-state index contributed by atoms with van der Waals surface area (Å²) in [6.45, 7) is 2.14. The van der Waals surface area contributed by atoms with Crippen molar-refractivity contribution in [2.24, 2.45) is 10.9 Å². The molecule has 0 saturated carbocycles. The van der Waals surface area contributed by atoms with Gasteiger partial charge in [0, 0.05) is 11.9 Å². The van der Waals surface area contributed by atoms with E-state index < -0.39 is 0 Å². The van der Waals surface area contributed by atoms with Gasteiger partial charge in [-0.3, -0.25) is 4.98 Å². The smallest absolute Gasteiger partial charge is 0.189 e. The number of thioether (sulfide) groups is 1. The predicted molar refractivity (Wildman–Crippen MR) is 63.2 cm³/mol. The second-order valence-electron chi connectivity index (χ2n) is 3.05. The van der Waals surface area contributed by atoms with Gasteiger partial charge in [-0.15, -0.1) is 0 Å². The Morgan fingerprint density at radius 1 is 1.67 bits per heavy atom. The minimum atomic E-state index is 0.0719. The van der Waals surface area contributed by atoms with Crippen LogP contribution in [0.2, 0.25) is 0 Å². The van der Waals surface area contributed by atoms with Crippen LogP contribution in [0.3, 0.4) is 0 Å². The van der Waals surface area contributed by atoms with E-state index >= 15 is 0 Å². The van der Waals surface area contributed by atoms with Crippen LogP contribution in [0.4, 0.5) is 0 Å². The summed E-state index contributed by atoms with van der Waals surface area (Å²) in [5, 5.41) is 11.6. The van der Waals surface area contributed by atoms with Crippen LogP contribution in [0.5, 0.6) is 0 Å². The third kappa shape index (κ3) is 3.43. The second-order valence-corrected chi connectivity index (χ2v) is 4.15. The van der Waals surface area contributed by atoms with Gasteiger partial charge in [0.1, 0.15) is 5.69 Å². The number of hydrogen-bond acceptors (Lipinski definition) is 4. The quantitative estimate of drug-likeness (QED) is 0.263. The van der Waals surface area contributed by atoms with E-state index in [1.807, 2.05) is 23.9 Å². The third-order valence-electron chi connectivity index (χ3n) is 1.85. The summed E-state index contributed by atoms with van der Waals surface area (Å²) in [6.07, 6.45) is 2.78. The molecule has 0 saturated heterocycles. The SMILES string of the molecule is CCCSCc1cccnc1C(N)=NO. The lowest BCUT2D eigenvalue weighted by Gasteiger charge is -2.05. The molecule has 5 heteroatoms. The van der Waals surface area contributed by atoms with Crippen molar-refractivity contribution in [1.29, 1.82) is 0 Å². The first-order chi connectivity index (χ1) is 7.29. The van der Waals surface area contributed by atoms with E-state index in [1.54, 1.807) is 6.20 Å². The summed E-state index contributed by atoms with van der Waals surface area (Å²) in [7, 11) is 0. The number of aromatic nitrogens is 1. The van der Waals surface area contributed by atoms with Crippen molar-refractivity contribution in [1.82, 2.24) is 4.98 Å². The molecule has 0 aromatic carbocycles. The lowest BCUT2D eigenvalue weighted by Crippen LogP contribution is -2.17. The van der Waals surface area contributed by atoms with Crippen molar-refractivity contribution in [3.8, 4) is 0 Å². The lowest BCUT2D eigenvalue weighted by molar-refractivity contribution is 0.318. The molecule has 0 spiro atoms. The van der Waals surface area contributed by atoms with E-state index in [0.717, 1.165) is 23.5 Å². The first-order valence-electron chi connectivity index (χ1n) is 4.79. The van der Waals surface area contributed by atoms with Crippen LogP contribution in [-0.4, -0.2) is 21.8 Å². The van der Waals surface area contributed by atoms with E-state index in [9.17, 15) is 0 Å². The molecule has 0 fully saturated rings. The molecule has 0 bridgehead atoms. The Morgan fingerprint density at radius 2 is 2.47 bits per heavy atom. The van der Waals surface area contributed by atoms with Crippen LogP contribution in [0.15, 0.2) is 23.5 Å². The van der Waals surface area contributed by atoms with Gasteiger partial charge in [0.25, 0.3) is 0 Å². The molecule has 1 aromatic heterocycles. The molecule has 0 aliphatic rings. The van der Waals surface area contributed by atoms with Crippen LogP contribution in [-0.2, 0) is 5.75 Å². The largest absolute Gasteiger partial charge is 0.409 e. The zero-order chi connectivity index (χ0) is 11.1. The molecule has 0 radical (unpaired) electrons. The number of hydrogen-bond donors (Lipinski definition) is 2. The highest BCUT2D eigenvalue weighted by Crippen LogP contribution is 2.15. The minimum absolute atomic E-state index is 0.0719. The molecule has 0 aliphatic heterocycles. The average molecular weight is 225 g/mol. The maximum Gasteiger partial charge on any atom is 0.189 e. The van der Waals surface area contributed by atoms with Crippen LogP contribution in [0.1, 0.15) is 24.6 Å². The van der Waals surface area contributed by atoms with Gasteiger partial charge in [0.15, 0.2) is 5.84 Å². The Morgan fingerprint density at radius 3 is 3.13 bits per heavy atom. The van der Waals surface area contributed by atoms with Gasteiger partial charge in [-0.2, -0.15) is 11.8 Å². The van der Waals surface area contributed by atoms with Gasteiger partial charge in [-0.1, -0.05) is 18.1 Å². The first-order valence-corrected chi connectivity index (χ1v) is 5.94. The molecular weight excluding hydrogens is 210 g/mol. The van der Waals surface area contributed by atoms with Crippen molar-refractivity contribution in [2.45, 2.75) is 19.1 Å². The number of nitrogens with two attached hydrogens (primary N) is 1. The molecule has 3 N–H and O–H groups in total. The fourth-order valence-electron chi connectivity index (χ4n) is 1.16. The monoisotopic (exact) mass is 225 g/mol. The maximum absolute atomic E-state index is 8.60. The van der Waals surface area contributed by atoms with Crippen molar-refractivity contribution in [3.63, 3.8) is 0 Å². The number of oxime groups is 1. The van der Waals surface area contributed by atoms with Crippen molar-refractivity contribution < 1.29 is 5.21 Å². The summed E-state index contributed by atoms with van der Waals surface area (Å²) in [5.74, 6) is 2.01. The Bertz CT molecular complexity index is 341. The van der Waals surface area contributed by atoms with E-state index in [0.29, 0.717) is 5.69 Å². The minimum Gasteiger partial charge on any atom is -0.409 e. The summed E-state index contributed by atoms with van der Waals surface area (Å²) in [5.41, 5.74) is 7.11. The molecule has 1 aromatic rings. The number of amidine groups is 1. The summed E-state index contributed by atoms with van der Waals surface area (Å²) in [4.78, 5) is 4.10. The molecule has 1 heterocycles.